The Bertz CT molecular complexity index is 607. The van der Waals surface area contributed by atoms with E-state index in [1.807, 2.05) is 6.07 Å². The van der Waals surface area contributed by atoms with Gasteiger partial charge in [-0.1, -0.05) is 18.2 Å². The molecule has 0 bridgehead atoms. The number of rotatable bonds is 3. The molecule has 3 heteroatoms. The van der Waals surface area contributed by atoms with Gasteiger partial charge < -0.3 is 0 Å². The Labute approximate surface area is 105 Å². The van der Waals surface area contributed by atoms with E-state index >= 15 is 0 Å². The highest BCUT2D eigenvalue weighted by Gasteiger charge is 1.99. The van der Waals surface area contributed by atoms with Crippen molar-refractivity contribution in [1.82, 2.24) is 4.98 Å². The number of ketones is 1. The Morgan fingerprint density at radius 2 is 2.00 bits per heavy atom. The van der Waals surface area contributed by atoms with Crippen LogP contribution >= 0.6 is 0 Å². The lowest BCUT2D eigenvalue weighted by molar-refractivity contribution is 0.104. The van der Waals surface area contributed by atoms with E-state index < -0.39 is 0 Å². The van der Waals surface area contributed by atoms with Gasteiger partial charge in [-0.05, 0) is 35.9 Å². The fourth-order valence-corrected chi connectivity index (χ4v) is 1.45. The Balaban J connectivity index is 2.11. The summed E-state index contributed by atoms with van der Waals surface area (Å²) in [7, 11) is 0. The molecule has 0 spiro atoms. The topological polar surface area (TPSA) is 53.8 Å². The van der Waals surface area contributed by atoms with E-state index in [-0.39, 0.29) is 5.78 Å². The first kappa shape index (κ1) is 11.7. The summed E-state index contributed by atoms with van der Waals surface area (Å²) in [5, 5.41) is 8.67. The van der Waals surface area contributed by atoms with Gasteiger partial charge in [0.15, 0.2) is 5.78 Å². The van der Waals surface area contributed by atoms with E-state index in [2.05, 4.69) is 4.98 Å². The zero-order chi connectivity index (χ0) is 12.8. The van der Waals surface area contributed by atoms with E-state index in [4.69, 9.17) is 5.26 Å². The zero-order valence-electron chi connectivity index (χ0n) is 9.58. The van der Waals surface area contributed by atoms with E-state index in [9.17, 15) is 4.79 Å². The maximum Gasteiger partial charge on any atom is 0.187 e. The maximum absolute atomic E-state index is 11.8. The minimum atomic E-state index is -0.0903. The second-order valence-corrected chi connectivity index (χ2v) is 3.67. The lowest BCUT2D eigenvalue weighted by atomic mass is 10.1. The van der Waals surface area contributed by atoms with Gasteiger partial charge in [0, 0.05) is 18.0 Å². The lowest BCUT2D eigenvalue weighted by Gasteiger charge is -1.95. The minimum absolute atomic E-state index is 0.0903. The molecule has 0 saturated carbocycles. The summed E-state index contributed by atoms with van der Waals surface area (Å²) in [6.07, 6.45) is 6.38. The molecule has 1 heterocycles. The molecular weight excluding hydrogens is 224 g/mol. The molecule has 3 nitrogen and oxygen atoms in total. The van der Waals surface area contributed by atoms with E-state index in [0.29, 0.717) is 11.1 Å². The van der Waals surface area contributed by atoms with Gasteiger partial charge in [-0.15, -0.1) is 0 Å². The van der Waals surface area contributed by atoms with Crippen molar-refractivity contribution in [1.29, 1.82) is 5.26 Å². The van der Waals surface area contributed by atoms with Crippen LogP contribution in [0, 0.1) is 11.3 Å². The Kier molecular flexibility index (Phi) is 3.62. The third kappa shape index (κ3) is 2.89. The molecule has 0 N–H and O–H groups in total. The van der Waals surface area contributed by atoms with Crippen LogP contribution in [0.15, 0.2) is 54.9 Å². The number of benzene rings is 1. The smallest absolute Gasteiger partial charge is 0.187 e. The maximum atomic E-state index is 11.8. The average Bonchev–Trinajstić information content (AvgIpc) is 2.46. The summed E-state index contributed by atoms with van der Waals surface area (Å²) in [6, 6.07) is 12.5. The van der Waals surface area contributed by atoms with Crippen molar-refractivity contribution in [3.05, 3.63) is 71.6 Å². The minimum Gasteiger partial charge on any atom is -0.289 e. The molecule has 1 aromatic heterocycles. The summed E-state index contributed by atoms with van der Waals surface area (Å²) in [4.78, 5) is 15.7. The summed E-state index contributed by atoms with van der Waals surface area (Å²) >= 11 is 0. The normalized spacial score (nSPS) is 10.2. The van der Waals surface area contributed by atoms with Gasteiger partial charge in [-0.25, -0.2) is 0 Å². The number of carbonyl (C=O) groups is 1. The van der Waals surface area contributed by atoms with E-state index in [0.717, 1.165) is 5.56 Å². The van der Waals surface area contributed by atoms with Gasteiger partial charge >= 0.3 is 0 Å². The van der Waals surface area contributed by atoms with Gasteiger partial charge in [0.2, 0.25) is 0 Å². The van der Waals surface area contributed by atoms with Crippen LogP contribution in [-0.4, -0.2) is 10.8 Å². The monoisotopic (exact) mass is 234 g/mol. The van der Waals surface area contributed by atoms with Crippen LogP contribution in [0.1, 0.15) is 21.5 Å². The fraction of sp³-hybridized carbons (Fsp3) is 0. The van der Waals surface area contributed by atoms with Crippen molar-refractivity contribution in [2.45, 2.75) is 0 Å². The van der Waals surface area contributed by atoms with Crippen LogP contribution in [0.2, 0.25) is 0 Å². The number of aromatic nitrogens is 1. The van der Waals surface area contributed by atoms with Crippen molar-refractivity contribution < 1.29 is 4.79 Å². The number of pyridine rings is 1. The average molecular weight is 234 g/mol. The molecule has 18 heavy (non-hydrogen) atoms. The number of nitrogens with zero attached hydrogens (tertiary/aromatic N) is 2. The molecule has 86 valence electrons. The molecule has 0 saturated heterocycles. The largest absolute Gasteiger partial charge is 0.289 e. The van der Waals surface area contributed by atoms with Crippen LogP contribution in [0.4, 0.5) is 0 Å². The number of nitriles is 1. The molecule has 0 aliphatic rings. The van der Waals surface area contributed by atoms with Crippen LogP contribution in [0.3, 0.4) is 0 Å². The molecule has 0 unspecified atom stereocenters. The van der Waals surface area contributed by atoms with Crippen molar-refractivity contribution in [3.8, 4) is 6.07 Å². The molecule has 1 aromatic carbocycles. The second kappa shape index (κ2) is 5.55. The molecular formula is C15H10N2O. The first-order chi connectivity index (χ1) is 8.79. The van der Waals surface area contributed by atoms with Crippen molar-refractivity contribution in [2.24, 2.45) is 0 Å². The molecule has 0 amide bonds. The molecule has 2 rings (SSSR count). The highest BCUT2D eigenvalue weighted by atomic mass is 16.1. The Hall–Kier alpha value is -2.73. The number of hydrogen-bond acceptors (Lipinski definition) is 3. The standard InChI is InChI=1S/C15H10N2O/c16-10-13-5-3-12(4-6-13)7-8-15(18)14-2-1-9-17-11-14/h1-9,11H/b8-7+. The van der Waals surface area contributed by atoms with Crippen LogP contribution in [0.5, 0.6) is 0 Å². The lowest BCUT2D eigenvalue weighted by Crippen LogP contribution is -1.93. The first-order valence-electron chi connectivity index (χ1n) is 5.42. The van der Waals surface area contributed by atoms with Gasteiger partial charge in [0.05, 0.1) is 11.6 Å². The molecule has 2 aromatic rings. The summed E-state index contributed by atoms with van der Waals surface area (Å²) in [5.41, 5.74) is 2.04. The first-order valence-corrected chi connectivity index (χ1v) is 5.42. The molecule has 0 fully saturated rings. The summed E-state index contributed by atoms with van der Waals surface area (Å²) in [5.74, 6) is -0.0903. The fourth-order valence-electron chi connectivity index (χ4n) is 1.45. The number of carbonyl (C=O) groups excluding carboxylic acids is 1. The quantitative estimate of drug-likeness (QED) is 0.606. The number of allylic oxidation sites excluding steroid dienone is 1. The van der Waals surface area contributed by atoms with Crippen LogP contribution < -0.4 is 0 Å². The Morgan fingerprint density at radius 1 is 1.22 bits per heavy atom. The number of hydrogen-bond donors (Lipinski definition) is 0. The Morgan fingerprint density at radius 3 is 2.61 bits per heavy atom. The zero-order valence-corrected chi connectivity index (χ0v) is 9.58. The van der Waals surface area contributed by atoms with Crippen LogP contribution in [-0.2, 0) is 0 Å². The molecule has 0 radical (unpaired) electrons. The summed E-state index contributed by atoms with van der Waals surface area (Å²) in [6.45, 7) is 0. The van der Waals surface area contributed by atoms with Crippen molar-refractivity contribution in [3.63, 3.8) is 0 Å². The van der Waals surface area contributed by atoms with E-state index in [1.165, 1.54) is 12.3 Å². The molecule has 0 atom stereocenters. The second-order valence-electron chi connectivity index (χ2n) is 3.67. The van der Waals surface area contributed by atoms with Gasteiger partial charge in [-0.2, -0.15) is 5.26 Å². The highest BCUT2D eigenvalue weighted by molar-refractivity contribution is 6.06. The van der Waals surface area contributed by atoms with Crippen LogP contribution in [0.25, 0.3) is 6.08 Å². The van der Waals surface area contributed by atoms with Gasteiger partial charge in [0.25, 0.3) is 0 Å². The SMILES string of the molecule is N#Cc1ccc(/C=C/C(=O)c2cccnc2)cc1. The third-order valence-electron chi connectivity index (χ3n) is 2.41. The summed E-state index contributed by atoms with van der Waals surface area (Å²) < 4.78 is 0. The van der Waals surface area contributed by atoms with Gasteiger partial charge in [-0.3, -0.25) is 9.78 Å². The predicted molar refractivity (Wildman–Crippen MR) is 68.8 cm³/mol. The third-order valence-corrected chi connectivity index (χ3v) is 2.41. The van der Waals surface area contributed by atoms with Crippen molar-refractivity contribution in [2.75, 3.05) is 0 Å². The van der Waals surface area contributed by atoms with E-state index in [1.54, 1.807) is 48.7 Å². The van der Waals surface area contributed by atoms with Gasteiger partial charge in [0.1, 0.15) is 0 Å². The van der Waals surface area contributed by atoms with Crippen molar-refractivity contribution >= 4 is 11.9 Å². The molecule has 0 aliphatic carbocycles. The highest BCUT2D eigenvalue weighted by Crippen LogP contribution is 2.07. The molecule has 0 aliphatic heterocycles. The predicted octanol–water partition coefficient (Wildman–Crippen LogP) is 2.85.